The molecule has 4 nitrogen and oxygen atoms in total. The van der Waals surface area contributed by atoms with E-state index < -0.39 is 17.7 Å². The van der Waals surface area contributed by atoms with E-state index in [-0.39, 0.29) is 23.1 Å². The van der Waals surface area contributed by atoms with Crippen molar-refractivity contribution >= 4 is 17.6 Å². The monoisotopic (exact) mass is 331 g/mol. The molecule has 0 fully saturated rings. The van der Waals surface area contributed by atoms with E-state index in [0.29, 0.717) is 5.56 Å². The maximum absolute atomic E-state index is 12.5. The number of aromatic nitrogens is 1. The summed E-state index contributed by atoms with van der Waals surface area (Å²) in [6, 6.07) is 5.58. The quantitative estimate of drug-likeness (QED) is 0.919. The van der Waals surface area contributed by atoms with Gasteiger partial charge >= 0.3 is 12.1 Å². The molecule has 0 aliphatic heterocycles. The molecule has 0 saturated heterocycles. The molecule has 1 heterocycles. The van der Waals surface area contributed by atoms with Gasteiger partial charge in [-0.2, -0.15) is 13.2 Å². The average Bonchev–Trinajstić information content (AvgIpc) is 2.45. The summed E-state index contributed by atoms with van der Waals surface area (Å²) in [7, 11) is 0. The summed E-state index contributed by atoms with van der Waals surface area (Å²) in [5.41, 5.74) is -0.523. The Morgan fingerprint density at radius 2 is 2.00 bits per heavy atom. The van der Waals surface area contributed by atoms with Crippen molar-refractivity contribution in [1.82, 2.24) is 4.98 Å². The van der Waals surface area contributed by atoms with Gasteiger partial charge in [0.2, 0.25) is 0 Å². The number of hydrogen-bond donors (Lipinski definition) is 1. The zero-order valence-corrected chi connectivity index (χ0v) is 11.6. The van der Waals surface area contributed by atoms with E-state index in [0.717, 1.165) is 18.2 Å². The molecule has 0 aliphatic rings. The Morgan fingerprint density at radius 1 is 1.27 bits per heavy atom. The molecule has 0 bridgehead atoms. The number of ether oxygens (including phenoxy) is 1. The van der Waals surface area contributed by atoms with Crippen molar-refractivity contribution in [2.45, 2.75) is 12.8 Å². The largest absolute Gasteiger partial charge is 0.487 e. The smallest absolute Gasteiger partial charge is 0.416 e. The van der Waals surface area contributed by atoms with Crippen LogP contribution in [0.3, 0.4) is 0 Å². The van der Waals surface area contributed by atoms with Crippen LogP contribution in [0, 0.1) is 0 Å². The molecule has 0 unspecified atom stereocenters. The number of aromatic carboxylic acids is 1. The third-order valence-electron chi connectivity index (χ3n) is 2.70. The van der Waals surface area contributed by atoms with Gasteiger partial charge in [0, 0.05) is 6.20 Å². The van der Waals surface area contributed by atoms with Crippen molar-refractivity contribution in [2.24, 2.45) is 0 Å². The minimum absolute atomic E-state index is 0.0477. The van der Waals surface area contributed by atoms with E-state index in [4.69, 9.17) is 21.4 Å². The first-order valence-electron chi connectivity index (χ1n) is 5.95. The SMILES string of the molecule is O=C(O)c1cc(COc2ccc(C(F)(F)F)cc2Cl)ccn1. The van der Waals surface area contributed by atoms with Crippen LogP contribution in [0.5, 0.6) is 5.75 Å². The van der Waals surface area contributed by atoms with Crippen molar-refractivity contribution in [3.8, 4) is 5.75 Å². The highest BCUT2D eigenvalue weighted by molar-refractivity contribution is 6.32. The van der Waals surface area contributed by atoms with Crippen LogP contribution in [0.25, 0.3) is 0 Å². The molecule has 1 aromatic heterocycles. The summed E-state index contributed by atoms with van der Waals surface area (Å²) in [6.45, 7) is -0.0477. The van der Waals surface area contributed by atoms with Gasteiger partial charge in [-0.25, -0.2) is 9.78 Å². The predicted molar refractivity (Wildman–Crippen MR) is 72.0 cm³/mol. The molecule has 0 aliphatic carbocycles. The minimum atomic E-state index is -4.48. The first kappa shape index (κ1) is 16.1. The number of halogens is 4. The number of rotatable bonds is 4. The Balaban J connectivity index is 2.12. The molecule has 8 heteroatoms. The van der Waals surface area contributed by atoms with E-state index in [2.05, 4.69) is 4.98 Å². The molecular weight excluding hydrogens is 323 g/mol. The van der Waals surface area contributed by atoms with Crippen LogP contribution in [0.4, 0.5) is 13.2 Å². The second kappa shape index (κ2) is 6.23. The van der Waals surface area contributed by atoms with Crippen molar-refractivity contribution in [3.05, 3.63) is 58.4 Å². The minimum Gasteiger partial charge on any atom is -0.487 e. The van der Waals surface area contributed by atoms with E-state index in [1.54, 1.807) is 0 Å². The number of nitrogens with zero attached hydrogens (tertiary/aromatic N) is 1. The summed E-state index contributed by atoms with van der Waals surface area (Å²) in [4.78, 5) is 14.4. The highest BCUT2D eigenvalue weighted by Gasteiger charge is 2.31. The van der Waals surface area contributed by atoms with Gasteiger partial charge in [-0.05, 0) is 35.9 Å². The Morgan fingerprint density at radius 3 is 2.59 bits per heavy atom. The molecule has 0 radical (unpaired) electrons. The normalized spacial score (nSPS) is 11.3. The summed E-state index contributed by atoms with van der Waals surface area (Å²) >= 11 is 5.75. The van der Waals surface area contributed by atoms with Gasteiger partial charge in [-0.1, -0.05) is 11.6 Å². The van der Waals surface area contributed by atoms with Gasteiger partial charge in [0.25, 0.3) is 0 Å². The van der Waals surface area contributed by atoms with E-state index in [9.17, 15) is 18.0 Å². The maximum atomic E-state index is 12.5. The molecular formula is C14H9ClF3NO3. The first-order valence-corrected chi connectivity index (χ1v) is 6.33. The third kappa shape index (κ3) is 3.88. The van der Waals surface area contributed by atoms with Gasteiger partial charge in [0.05, 0.1) is 10.6 Å². The molecule has 0 spiro atoms. The van der Waals surface area contributed by atoms with Crippen LogP contribution in [-0.4, -0.2) is 16.1 Å². The number of pyridine rings is 1. The van der Waals surface area contributed by atoms with Crippen LogP contribution in [-0.2, 0) is 12.8 Å². The molecule has 2 rings (SSSR count). The predicted octanol–water partition coefficient (Wildman–Crippen LogP) is 4.03. The van der Waals surface area contributed by atoms with Gasteiger partial charge in [0.1, 0.15) is 18.1 Å². The Kier molecular flexibility index (Phi) is 4.56. The van der Waals surface area contributed by atoms with Crippen molar-refractivity contribution in [3.63, 3.8) is 0 Å². The highest BCUT2D eigenvalue weighted by atomic mass is 35.5. The number of carboxylic acid groups (broad SMARTS) is 1. The van der Waals surface area contributed by atoms with Crippen LogP contribution in [0.2, 0.25) is 5.02 Å². The zero-order chi connectivity index (χ0) is 16.3. The molecule has 1 aromatic carbocycles. The van der Waals surface area contributed by atoms with Gasteiger partial charge in [-0.3, -0.25) is 0 Å². The fraction of sp³-hybridized carbons (Fsp3) is 0.143. The lowest BCUT2D eigenvalue weighted by molar-refractivity contribution is -0.137. The summed E-state index contributed by atoms with van der Waals surface area (Å²) < 4.78 is 42.8. The zero-order valence-electron chi connectivity index (χ0n) is 10.9. The van der Waals surface area contributed by atoms with E-state index in [1.165, 1.54) is 18.3 Å². The Hall–Kier alpha value is -2.28. The fourth-order valence-electron chi connectivity index (χ4n) is 1.64. The Bertz CT molecular complexity index is 704. The standard InChI is InChI=1S/C14H9ClF3NO3/c15-10-6-9(14(16,17)18)1-2-12(10)22-7-8-3-4-19-11(5-8)13(20)21/h1-6H,7H2,(H,20,21). The number of benzene rings is 1. The number of carboxylic acids is 1. The molecule has 22 heavy (non-hydrogen) atoms. The number of hydrogen-bond acceptors (Lipinski definition) is 3. The van der Waals surface area contributed by atoms with Crippen molar-refractivity contribution in [2.75, 3.05) is 0 Å². The second-order valence-corrected chi connectivity index (χ2v) is 4.69. The topological polar surface area (TPSA) is 59.4 Å². The Labute approximate surface area is 128 Å². The lowest BCUT2D eigenvalue weighted by atomic mass is 10.2. The molecule has 0 amide bonds. The fourth-order valence-corrected chi connectivity index (χ4v) is 1.87. The van der Waals surface area contributed by atoms with Crippen molar-refractivity contribution in [1.29, 1.82) is 0 Å². The third-order valence-corrected chi connectivity index (χ3v) is 2.99. The number of alkyl halides is 3. The number of carbonyl (C=O) groups is 1. The van der Waals surface area contributed by atoms with Gasteiger partial charge < -0.3 is 9.84 Å². The van der Waals surface area contributed by atoms with E-state index >= 15 is 0 Å². The molecule has 116 valence electrons. The van der Waals surface area contributed by atoms with Crippen LogP contribution >= 0.6 is 11.6 Å². The first-order chi connectivity index (χ1) is 10.3. The van der Waals surface area contributed by atoms with Gasteiger partial charge in [0.15, 0.2) is 0 Å². The highest BCUT2D eigenvalue weighted by Crippen LogP contribution is 2.34. The second-order valence-electron chi connectivity index (χ2n) is 4.29. The van der Waals surface area contributed by atoms with Crippen molar-refractivity contribution < 1.29 is 27.8 Å². The summed E-state index contributed by atoms with van der Waals surface area (Å²) in [5, 5.41) is 8.64. The van der Waals surface area contributed by atoms with Crippen LogP contribution < -0.4 is 4.74 Å². The molecule has 0 atom stereocenters. The molecule has 1 N–H and O–H groups in total. The average molecular weight is 332 g/mol. The van der Waals surface area contributed by atoms with Crippen LogP contribution in [0.1, 0.15) is 21.6 Å². The summed E-state index contributed by atoms with van der Waals surface area (Å²) in [5.74, 6) is -1.11. The molecule has 0 saturated carbocycles. The summed E-state index contributed by atoms with van der Waals surface area (Å²) in [6.07, 6.45) is -3.18. The lowest BCUT2D eigenvalue weighted by Crippen LogP contribution is -2.05. The van der Waals surface area contributed by atoms with Crippen LogP contribution in [0.15, 0.2) is 36.5 Å². The maximum Gasteiger partial charge on any atom is 0.416 e. The lowest BCUT2D eigenvalue weighted by Gasteiger charge is -2.11. The molecule has 2 aromatic rings. The van der Waals surface area contributed by atoms with Gasteiger partial charge in [-0.15, -0.1) is 0 Å². The van der Waals surface area contributed by atoms with E-state index in [1.807, 2.05) is 0 Å².